The quantitative estimate of drug-likeness (QED) is 0.380. The van der Waals surface area contributed by atoms with Crippen LogP contribution in [0.15, 0.2) is 54.2 Å². The lowest BCUT2D eigenvalue weighted by atomic mass is 9.86. The van der Waals surface area contributed by atoms with Crippen molar-refractivity contribution in [3.05, 3.63) is 71.1 Å². The third-order valence-electron chi connectivity index (χ3n) is 6.79. The Bertz CT molecular complexity index is 1050. The molecule has 0 N–H and O–H groups in total. The van der Waals surface area contributed by atoms with Gasteiger partial charge < -0.3 is 4.90 Å². The molecule has 1 aliphatic carbocycles. The number of rotatable bonds is 6. The zero-order valence-corrected chi connectivity index (χ0v) is 24.0. The third kappa shape index (κ3) is 8.41. The highest BCUT2D eigenvalue weighted by Gasteiger charge is 2.27. The van der Waals surface area contributed by atoms with Gasteiger partial charge in [-0.25, -0.2) is 4.98 Å². The van der Waals surface area contributed by atoms with E-state index in [1.54, 1.807) is 6.92 Å². The molecule has 0 spiro atoms. The number of fused-ring (bicyclic) bond motifs is 1. The summed E-state index contributed by atoms with van der Waals surface area (Å²) in [7, 11) is 0. The predicted molar refractivity (Wildman–Crippen MR) is 159 cm³/mol. The Morgan fingerprint density at radius 1 is 1.17 bits per heavy atom. The maximum Gasteiger partial charge on any atom is 0.0712 e. The maximum absolute atomic E-state index is 5.10. The van der Waals surface area contributed by atoms with Crippen molar-refractivity contribution >= 4 is 6.08 Å². The molecule has 4 rings (SSSR count). The molecule has 1 atom stereocenters. The summed E-state index contributed by atoms with van der Waals surface area (Å²) in [6, 6.07) is 13.0. The molecule has 194 valence electrons. The van der Waals surface area contributed by atoms with Gasteiger partial charge in [-0.05, 0) is 80.1 Å². The Labute approximate surface area is 221 Å². The lowest BCUT2D eigenvalue weighted by Crippen LogP contribution is -2.23. The second-order valence-corrected chi connectivity index (χ2v) is 10.9. The summed E-state index contributed by atoms with van der Waals surface area (Å²) in [5, 5.41) is 0. The molecular weight excluding hydrogens is 436 g/mol. The number of terminal acetylenes is 1. The molecule has 1 aromatic carbocycles. The van der Waals surface area contributed by atoms with E-state index in [0.29, 0.717) is 11.3 Å². The Kier molecular flexibility index (Phi) is 11.5. The van der Waals surface area contributed by atoms with Crippen LogP contribution in [0.4, 0.5) is 0 Å². The molecule has 36 heavy (non-hydrogen) atoms. The minimum absolute atomic E-state index is 0.299. The van der Waals surface area contributed by atoms with Crippen LogP contribution in [-0.2, 0) is 12.8 Å². The monoisotopic (exact) mass is 484 g/mol. The third-order valence-corrected chi connectivity index (χ3v) is 6.79. The number of pyridine rings is 1. The van der Waals surface area contributed by atoms with Gasteiger partial charge in [-0.2, -0.15) is 0 Å². The second-order valence-electron chi connectivity index (χ2n) is 10.9. The van der Waals surface area contributed by atoms with Crippen molar-refractivity contribution in [1.29, 1.82) is 0 Å². The van der Waals surface area contributed by atoms with Crippen LogP contribution in [0.1, 0.15) is 91.0 Å². The topological polar surface area (TPSA) is 16.1 Å². The zero-order valence-electron chi connectivity index (χ0n) is 24.0. The largest absolute Gasteiger partial charge is 0.375 e. The molecule has 1 fully saturated rings. The zero-order chi connectivity index (χ0) is 26.7. The average Bonchev–Trinajstić information content (AvgIpc) is 3.33. The van der Waals surface area contributed by atoms with Crippen molar-refractivity contribution in [3.8, 4) is 23.6 Å². The molecule has 0 bridgehead atoms. The molecule has 1 unspecified atom stereocenters. The Morgan fingerprint density at radius 2 is 1.83 bits per heavy atom. The van der Waals surface area contributed by atoms with E-state index in [4.69, 9.17) is 4.98 Å². The Balaban J connectivity index is 0.000000850. The lowest BCUT2D eigenvalue weighted by Gasteiger charge is -2.27. The summed E-state index contributed by atoms with van der Waals surface area (Å²) in [5.74, 6) is 2.95. The van der Waals surface area contributed by atoms with Crippen LogP contribution in [0.2, 0.25) is 0 Å². The molecule has 2 aromatic rings. The lowest BCUT2D eigenvalue weighted by molar-refractivity contribution is 0.321. The predicted octanol–water partition coefficient (Wildman–Crippen LogP) is 8.97. The molecular formula is C34H48N2. The molecule has 1 aromatic heterocycles. The minimum Gasteiger partial charge on any atom is -0.375 e. The molecule has 2 aliphatic rings. The van der Waals surface area contributed by atoms with E-state index in [2.05, 4.69) is 94.0 Å². The number of likely N-dealkylation sites (tertiary alicyclic amines) is 1. The molecule has 2 heteroatoms. The number of hydrogen-bond donors (Lipinski definition) is 0. The Morgan fingerprint density at radius 3 is 2.44 bits per heavy atom. The highest BCUT2D eigenvalue weighted by atomic mass is 15.2. The van der Waals surface area contributed by atoms with Gasteiger partial charge in [-0.15, -0.1) is 12.3 Å². The number of allylic oxidation sites excluding steroid dienone is 2. The van der Waals surface area contributed by atoms with Gasteiger partial charge in [-0.1, -0.05) is 84.0 Å². The number of nitrogens with zero attached hydrogens (tertiary/aromatic N) is 2. The van der Waals surface area contributed by atoms with Gasteiger partial charge in [0.2, 0.25) is 0 Å². The van der Waals surface area contributed by atoms with E-state index < -0.39 is 0 Å². The highest BCUT2D eigenvalue weighted by Crippen LogP contribution is 2.34. The van der Waals surface area contributed by atoms with Crippen molar-refractivity contribution in [2.75, 3.05) is 13.1 Å². The molecule has 1 aliphatic heterocycles. The molecule has 2 nitrogen and oxygen atoms in total. The van der Waals surface area contributed by atoms with Gasteiger partial charge >= 0.3 is 0 Å². The fourth-order valence-electron chi connectivity index (χ4n) is 5.14. The van der Waals surface area contributed by atoms with Crippen LogP contribution >= 0.6 is 0 Å². The maximum atomic E-state index is 5.10. The van der Waals surface area contributed by atoms with E-state index in [0.717, 1.165) is 44.5 Å². The number of hydrogen-bond acceptors (Lipinski definition) is 2. The molecule has 0 amide bonds. The first kappa shape index (κ1) is 29.4. The summed E-state index contributed by atoms with van der Waals surface area (Å²) >= 11 is 0. The average molecular weight is 485 g/mol. The highest BCUT2D eigenvalue weighted by molar-refractivity contribution is 5.66. The van der Waals surface area contributed by atoms with E-state index >= 15 is 0 Å². The van der Waals surface area contributed by atoms with Gasteiger partial charge in [0.25, 0.3) is 0 Å². The first-order valence-electron chi connectivity index (χ1n) is 13.8. The minimum atomic E-state index is 0.299. The van der Waals surface area contributed by atoms with Crippen molar-refractivity contribution in [1.82, 2.24) is 9.88 Å². The summed E-state index contributed by atoms with van der Waals surface area (Å²) in [4.78, 5) is 7.64. The number of aromatic nitrogens is 1. The van der Waals surface area contributed by atoms with E-state index in [1.165, 1.54) is 46.5 Å². The van der Waals surface area contributed by atoms with Crippen molar-refractivity contribution in [2.24, 2.45) is 11.3 Å². The van der Waals surface area contributed by atoms with Crippen LogP contribution in [0.5, 0.6) is 0 Å². The molecule has 1 saturated heterocycles. The fraction of sp³-hybridized carbons (Fsp3) is 0.500. The molecule has 0 radical (unpaired) electrons. The van der Waals surface area contributed by atoms with Crippen LogP contribution in [0, 0.1) is 23.7 Å². The molecule has 0 saturated carbocycles. The smallest absolute Gasteiger partial charge is 0.0712 e. The normalized spacial score (nSPS) is 16.4. The van der Waals surface area contributed by atoms with Gasteiger partial charge in [-0.3, -0.25) is 0 Å². The van der Waals surface area contributed by atoms with Gasteiger partial charge in [0.1, 0.15) is 0 Å². The van der Waals surface area contributed by atoms with Gasteiger partial charge in [0.05, 0.1) is 11.4 Å². The summed E-state index contributed by atoms with van der Waals surface area (Å²) in [6.45, 7) is 21.5. The summed E-state index contributed by atoms with van der Waals surface area (Å²) < 4.78 is 0. The van der Waals surface area contributed by atoms with Gasteiger partial charge in [0.15, 0.2) is 0 Å². The van der Waals surface area contributed by atoms with Crippen molar-refractivity contribution < 1.29 is 0 Å². The Hall–Kier alpha value is -2.79. The van der Waals surface area contributed by atoms with E-state index in [9.17, 15) is 0 Å². The second kappa shape index (κ2) is 14.1. The van der Waals surface area contributed by atoms with Crippen LogP contribution in [0.3, 0.4) is 0 Å². The SMILES string of the molecule is C#CC.C=C(CC(C)(C)C)N1CCC(Cc2cc(-c3ccccc3)nc3c2CCC(CC)=C3)C1.CC. The van der Waals surface area contributed by atoms with Crippen molar-refractivity contribution in [2.45, 2.75) is 87.0 Å². The standard InChI is InChI=1S/C29H38N2.C3H4.C2H6/c1-6-22-12-13-26-25(16-23-14-15-31(20-23)21(2)19-29(3,4)5)18-27(30-28(26)17-22)24-10-8-7-9-11-24;1-3-2;1-2/h7-11,17-18,23H,2,6,12-16,19-20H2,1,3-5H3;1H,2H3;1-2H3. The first-order valence-corrected chi connectivity index (χ1v) is 13.8. The van der Waals surface area contributed by atoms with Crippen LogP contribution < -0.4 is 0 Å². The summed E-state index contributed by atoms with van der Waals surface area (Å²) in [6.07, 6.45) is 13.9. The van der Waals surface area contributed by atoms with Gasteiger partial charge in [0, 0.05) is 24.4 Å². The first-order chi connectivity index (χ1) is 17.2. The van der Waals surface area contributed by atoms with Crippen molar-refractivity contribution in [3.63, 3.8) is 0 Å². The van der Waals surface area contributed by atoms with Crippen LogP contribution in [0.25, 0.3) is 17.3 Å². The van der Waals surface area contributed by atoms with E-state index in [1.807, 2.05) is 13.8 Å². The molecule has 2 heterocycles. The fourth-order valence-corrected chi connectivity index (χ4v) is 5.14. The van der Waals surface area contributed by atoms with E-state index in [-0.39, 0.29) is 0 Å². The van der Waals surface area contributed by atoms with Crippen LogP contribution in [-0.4, -0.2) is 23.0 Å². The summed E-state index contributed by atoms with van der Waals surface area (Å²) in [5.41, 5.74) is 9.70. The number of benzene rings is 1.